The molecule has 0 radical (unpaired) electrons. The number of hydrogen-bond donors (Lipinski definition) is 1. The molecule has 2 N–H and O–H groups in total. The largest absolute Gasteiger partial charge is 0.363 e. The number of para-hydroxylation sites is 2. The van der Waals surface area contributed by atoms with Crippen molar-refractivity contribution in [2.45, 2.75) is 0 Å². The normalized spacial score (nSPS) is 16.7. The van der Waals surface area contributed by atoms with Gasteiger partial charge in [0.2, 0.25) is 0 Å². The minimum absolute atomic E-state index is 0.120. The van der Waals surface area contributed by atoms with Gasteiger partial charge in [0, 0.05) is 59.4 Å². The van der Waals surface area contributed by atoms with E-state index in [2.05, 4.69) is 4.90 Å². The molecule has 3 heterocycles. The van der Waals surface area contributed by atoms with Crippen molar-refractivity contribution >= 4 is 22.9 Å². The lowest BCUT2D eigenvalue weighted by Crippen LogP contribution is -2.49. The molecule has 0 atom stereocenters. The summed E-state index contributed by atoms with van der Waals surface area (Å²) in [6.45, 7) is 4.50. The Morgan fingerprint density at radius 3 is 2.39 bits per heavy atom. The average molecular weight is 430 g/mol. The van der Waals surface area contributed by atoms with Gasteiger partial charge in [0.1, 0.15) is 18.0 Å². The number of fused-ring (bicyclic) bond motifs is 1. The highest BCUT2D eigenvalue weighted by Crippen LogP contribution is 2.30. The first kappa shape index (κ1) is 20.9. The van der Waals surface area contributed by atoms with Crippen LogP contribution in [0.1, 0.15) is 0 Å². The van der Waals surface area contributed by atoms with Crippen LogP contribution in [0.25, 0.3) is 0 Å². The molecule has 1 fully saturated rings. The lowest BCUT2D eigenvalue weighted by Gasteiger charge is -2.36. The Hall–Kier alpha value is -3.38. The van der Waals surface area contributed by atoms with Crippen LogP contribution >= 0.6 is 0 Å². The molecule has 2 aromatic rings. The quantitative estimate of drug-likeness (QED) is 0.371. The number of nitrogens with two attached hydrogens (primary N) is 1. The van der Waals surface area contributed by atoms with Crippen LogP contribution in [0.5, 0.6) is 0 Å². The lowest BCUT2D eigenvalue weighted by atomic mass is 10.2. The Labute approximate surface area is 178 Å². The Kier molecular flexibility index (Phi) is 5.41. The number of rotatable bonds is 5. The molecule has 2 aliphatic rings. The van der Waals surface area contributed by atoms with Gasteiger partial charge in [-0.05, 0) is 6.07 Å². The number of hydrazine groups is 1. The minimum Gasteiger partial charge on any atom is -0.363 e. The number of piperazine rings is 1. The van der Waals surface area contributed by atoms with Gasteiger partial charge in [-0.15, -0.1) is 0 Å². The molecule has 0 saturated carbocycles. The molecule has 12 heteroatoms. The maximum absolute atomic E-state index is 12.7. The van der Waals surface area contributed by atoms with Gasteiger partial charge in [-0.2, -0.15) is 0 Å². The van der Waals surface area contributed by atoms with Crippen molar-refractivity contribution < 1.29 is 4.92 Å². The number of benzene rings is 1. The van der Waals surface area contributed by atoms with Crippen molar-refractivity contribution in [2.24, 2.45) is 19.9 Å². The second kappa shape index (κ2) is 8.04. The lowest BCUT2D eigenvalue weighted by molar-refractivity contribution is -0.384. The molecule has 1 aromatic heterocycles. The minimum atomic E-state index is -0.410. The zero-order valence-electron chi connectivity index (χ0n) is 17.6. The molecule has 0 amide bonds. The predicted molar refractivity (Wildman–Crippen MR) is 118 cm³/mol. The highest BCUT2D eigenvalue weighted by molar-refractivity contribution is 5.71. The Morgan fingerprint density at radius 2 is 1.71 bits per heavy atom. The number of nitrogens with zero attached hydrogens (tertiary/aromatic N) is 7. The van der Waals surface area contributed by atoms with Crippen molar-refractivity contribution in [1.29, 1.82) is 0 Å². The van der Waals surface area contributed by atoms with Crippen LogP contribution in [0.3, 0.4) is 0 Å². The molecule has 1 aromatic carbocycles. The SMILES string of the molecule is Cn1c2c(c(=O)n(C)c1=O)N(CCN1CCN(c3ccccc3[N+](=O)[O-])CC1)CN2N. The first-order valence-corrected chi connectivity index (χ1v) is 10.1. The summed E-state index contributed by atoms with van der Waals surface area (Å²) < 4.78 is 2.48. The molecule has 0 aliphatic carbocycles. The Morgan fingerprint density at radius 1 is 1.03 bits per heavy atom. The summed E-state index contributed by atoms with van der Waals surface area (Å²) in [4.78, 5) is 42.0. The van der Waals surface area contributed by atoms with Crippen molar-refractivity contribution in [1.82, 2.24) is 14.0 Å². The first-order valence-electron chi connectivity index (χ1n) is 10.1. The summed E-state index contributed by atoms with van der Waals surface area (Å²) in [7, 11) is 3.07. The smallest absolute Gasteiger partial charge is 0.332 e. The fraction of sp³-hybridized carbons (Fsp3) is 0.474. The molecule has 0 bridgehead atoms. The van der Waals surface area contributed by atoms with Gasteiger partial charge in [0.15, 0.2) is 5.82 Å². The Bertz CT molecular complexity index is 1120. The van der Waals surface area contributed by atoms with Crippen LogP contribution < -0.4 is 31.9 Å². The molecule has 12 nitrogen and oxygen atoms in total. The molecular formula is C19H26N8O4. The number of nitro groups is 1. The molecule has 4 rings (SSSR count). The van der Waals surface area contributed by atoms with Gasteiger partial charge in [0.05, 0.1) is 4.92 Å². The van der Waals surface area contributed by atoms with Gasteiger partial charge >= 0.3 is 5.69 Å². The summed E-state index contributed by atoms with van der Waals surface area (Å²) in [6, 6.07) is 6.79. The zero-order valence-corrected chi connectivity index (χ0v) is 17.6. The van der Waals surface area contributed by atoms with Crippen LogP contribution in [-0.2, 0) is 14.1 Å². The van der Waals surface area contributed by atoms with Crippen molar-refractivity contribution in [3.8, 4) is 0 Å². The van der Waals surface area contributed by atoms with Gasteiger partial charge in [0.25, 0.3) is 11.2 Å². The van der Waals surface area contributed by atoms with Crippen LogP contribution in [0.2, 0.25) is 0 Å². The standard InChI is InChI=1S/C19H26N8O4/c1-21-17-16(18(28)22(2)19(21)29)25(13-26(17)20)12-9-23-7-10-24(11-8-23)14-5-3-4-6-15(14)27(30)31/h3-6H,7-13,20H2,1-2H3. The van der Waals surface area contributed by atoms with E-state index in [1.165, 1.54) is 22.7 Å². The van der Waals surface area contributed by atoms with E-state index in [1.807, 2.05) is 15.9 Å². The van der Waals surface area contributed by atoms with Crippen LogP contribution in [0.4, 0.5) is 22.9 Å². The molecule has 0 spiro atoms. The van der Waals surface area contributed by atoms with E-state index in [0.29, 0.717) is 50.0 Å². The number of nitro benzene ring substituents is 1. The highest BCUT2D eigenvalue weighted by Gasteiger charge is 2.32. The molecule has 2 aliphatic heterocycles. The van der Waals surface area contributed by atoms with Gasteiger partial charge in [-0.25, -0.2) is 10.6 Å². The van der Waals surface area contributed by atoms with Crippen molar-refractivity contribution in [3.05, 3.63) is 55.2 Å². The topological polar surface area (TPSA) is 126 Å². The van der Waals surface area contributed by atoms with E-state index in [9.17, 15) is 19.7 Å². The number of anilines is 3. The predicted octanol–water partition coefficient (Wildman–Crippen LogP) is -0.728. The van der Waals surface area contributed by atoms with E-state index in [1.54, 1.807) is 19.2 Å². The molecule has 1 saturated heterocycles. The third kappa shape index (κ3) is 3.64. The van der Waals surface area contributed by atoms with E-state index < -0.39 is 5.69 Å². The molecule has 166 valence electrons. The van der Waals surface area contributed by atoms with E-state index in [4.69, 9.17) is 5.84 Å². The highest BCUT2D eigenvalue weighted by atomic mass is 16.6. The molecule has 0 unspecified atom stereocenters. The second-order valence-electron chi connectivity index (χ2n) is 7.83. The third-order valence-electron chi connectivity index (χ3n) is 6.00. The van der Waals surface area contributed by atoms with Crippen LogP contribution in [-0.4, -0.2) is 64.9 Å². The van der Waals surface area contributed by atoms with Crippen molar-refractivity contribution in [3.63, 3.8) is 0 Å². The van der Waals surface area contributed by atoms with Gasteiger partial charge in [-0.1, -0.05) is 12.1 Å². The average Bonchev–Trinajstić information content (AvgIpc) is 3.11. The summed E-state index contributed by atoms with van der Waals surface area (Å²) in [6.07, 6.45) is 0. The summed E-state index contributed by atoms with van der Waals surface area (Å²) >= 11 is 0. The summed E-state index contributed by atoms with van der Waals surface area (Å²) in [5, 5.41) is 12.7. The molecule has 31 heavy (non-hydrogen) atoms. The number of aromatic nitrogens is 2. The van der Waals surface area contributed by atoms with Crippen molar-refractivity contribution in [2.75, 3.05) is 60.7 Å². The summed E-state index contributed by atoms with van der Waals surface area (Å²) in [5.41, 5.74) is 0.433. The van der Waals surface area contributed by atoms with Gasteiger partial charge in [-0.3, -0.25) is 34.0 Å². The fourth-order valence-electron chi connectivity index (χ4n) is 4.29. The monoisotopic (exact) mass is 430 g/mol. The van der Waals surface area contributed by atoms with E-state index in [-0.39, 0.29) is 16.2 Å². The maximum atomic E-state index is 12.7. The van der Waals surface area contributed by atoms with Crippen LogP contribution in [0, 0.1) is 10.1 Å². The fourth-order valence-corrected chi connectivity index (χ4v) is 4.29. The van der Waals surface area contributed by atoms with E-state index in [0.717, 1.165) is 17.7 Å². The second-order valence-corrected chi connectivity index (χ2v) is 7.83. The third-order valence-corrected chi connectivity index (χ3v) is 6.00. The zero-order chi connectivity index (χ0) is 22.3. The maximum Gasteiger partial charge on any atom is 0.332 e. The first-order chi connectivity index (χ1) is 14.8. The Balaban J connectivity index is 1.42. The van der Waals surface area contributed by atoms with Gasteiger partial charge < -0.3 is 9.80 Å². The summed E-state index contributed by atoms with van der Waals surface area (Å²) in [5.74, 6) is 6.49. The van der Waals surface area contributed by atoms with E-state index >= 15 is 0 Å². The molecular weight excluding hydrogens is 404 g/mol. The van der Waals surface area contributed by atoms with Crippen LogP contribution in [0.15, 0.2) is 33.9 Å². The number of hydrogen-bond acceptors (Lipinski definition) is 9.